The molecule has 0 N–H and O–H groups in total. The summed E-state index contributed by atoms with van der Waals surface area (Å²) in [5.74, 6) is 0. The van der Waals surface area contributed by atoms with Crippen molar-refractivity contribution >= 4 is 28.9 Å². The summed E-state index contributed by atoms with van der Waals surface area (Å²) in [6.07, 6.45) is 0. The van der Waals surface area contributed by atoms with E-state index in [9.17, 15) is 0 Å². The minimum Gasteiger partial charge on any atom is -0.414 e. The van der Waals surface area contributed by atoms with Crippen LogP contribution in [0.2, 0.25) is 13.1 Å². The smallest absolute Gasteiger partial charge is 0.192 e. The SMILES string of the molecule is C[SiH](C)c1ccc([SiH2]OC(C)(C)C)cc1. The highest BCUT2D eigenvalue weighted by molar-refractivity contribution is 6.70. The van der Waals surface area contributed by atoms with Crippen LogP contribution in [-0.2, 0) is 4.43 Å². The summed E-state index contributed by atoms with van der Waals surface area (Å²) in [5, 5.41) is 2.95. The summed E-state index contributed by atoms with van der Waals surface area (Å²) in [6, 6.07) is 9.07. The topological polar surface area (TPSA) is 9.23 Å². The lowest BCUT2D eigenvalue weighted by molar-refractivity contribution is 0.142. The van der Waals surface area contributed by atoms with Crippen molar-refractivity contribution in [1.29, 1.82) is 0 Å². The molecule has 0 amide bonds. The van der Waals surface area contributed by atoms with Gasteiger partial charge in [0.1, 0.15) is 0 Å². The number of hydrogen-bond donors (Lipinski definition) is 0. The molecule has 1 rings (SSSR count). The third-order valence-corrected chi connectivity index (χ3v) is 5.85. The Morgan fingerprint density at radius 3 is 2.00 bits per heavy atom. The minimum absolute atomic E-state index is 0.0116. The highest BCUT2D eigenvalue weighted by Gasteiger charge is 2.10. The summed E-state index contributed by atoms with van der Waals surface area (Å²) >= 11 is 0. The Hall–Kier alpha value is -0.386. The van der Waals surface area contributed by atoms with Gasteiger partial charge in [0, 0.05) is 5.60 Å². The lowest BCUT2D eigenvalue weighted by atomic mass is 10.2. The summed E-state index contributed by atoms with van der Waals surface area (Å²) in [6.45, 7) is 11.1. The molecule has 0 saturated carbocycles. The molecule has 1 aromatic carbocycles. The van der Waals surface area contributed by atoms with Gasteiger partial charge in [0.15, 0.2) is 9.76 Å². The van der Waals surface area contributed by atoms with Gasteiger partial charge in [-0.3, -0.25) is 0 Å². The Bertz CT molecular complexity index is 298. The second kappa shape index (κ2) is 5.10. The van der Waals surface area contributed by atoms with Gasteiger partial charge in [0.2, 0.25) is 0 Å². The van der Waals surface area contributed by atoms with Gasteiger partial charge in [-0.1, -0.05) is 42.5 Å². The maximum Gasteiger partial charge on any atom is 0.192 e. The van der Waals surface area contributed by atoms with Gasteiger partial charge in [-0.15, -0.1) is 0 Å². The Morgan fingerprint density at radius 2 is 1.60 bits per heavy atom. The van der Waals surface area contributed by atoms with Crippen LogP contribution in [0.4, 0.5) is 0 Å². The predicted octanol–water partition coefficient (Wildman–Crippen LogP) is 0.904. The van der Waals surface area contributed by atoms with E-state index in [1.165, 1.54) is 5.19 Å². The van der Waals surface area contributed by atoms with Gasteiger partial charge >= 0.3 is 0 Å². The Morgan fingerprint density at radius 1 is 1.07 bits per heavy atom. The molecule has 0 aromatic heterocycles. The average molecular weight is 238 g/mol. The zero-order chi connectivity index (χ0) is 11.5. The van der Waals surface area contributed by atoms with E-state index in [4.69, 9.17) is 4.43 Å². The summed E-state index contributed by atoms with van der Waals surface area (Å²) in [4.78, 5) is 0. The molecule has 0 aliphatic heterocycles. The zero-order valence-electron chi connectivity index (χ0n) is 10.5. The third kappa shape index (κ3) is 4.77. The minimum atomic E-state index is -0.628. The van der Waals surface area contributed by atoms with Crippen molar-refractivity contribution in [2.24, 2.45) is 0 Å². The van der Waals surface area contributed by atoms with E-state index in [1.54, 1.807) is 5.19 Å². The Labute approximate surface area is 97.4 Å². The monoisotopic (exact) mass is 238 g/mol. The average Bonchev–Trinajstić information content (AvgIpc) is 2.14. The fourth-order valence-corrected chi connectivity index (χ4v) is 3.29. The predicted molar refractivity (Wildman–Crippen MR) is 74.0 cm³/mol. The molecule has 0 unspecified atom stereocenters. The Kier molecular flexibility index (Phi) is 4.31. The molecule has 0 spiro atoms. The van der Waals surface area contributed by atoms with Crippen LogP contribution in [0.3, 0.4) is 0 Å². The zero-order valence-corrected chi connectivity index (χ0v) is 13.1. The van der Waals surface area contributed by atoms with Crippen molar-refractivity contribution in [3.05, 3.63) is 24.3 Å². The van der Waals surface area contributed by atoms with E-state index in [1.807, 2.05) is 0 Å². The number of hydrogen-bond acceptors (Lipinski definition) is 1. The number of benzene rings is 1. The van der Waals surface area contributed by atoms with Crippen molar-refractivity contribution in [2.45, 2.75) is 39.5 Å². The molecule has 84 valence electrons. The first kappa shape index (κ1) is 12.7. The quantitative estimate of drug-likeness (QED) is 0.711. The van der Waals surface area contributed by atoms with Gasteiger partial charge in [-0.2, -0.15) is 0 Å². The largest absolute Gasteiger partial charge is 0.414 e. The highest BCUT2D eigenvalue weighted by atomic mass is 28.3. The maximum atomic E-state index is 5.87. The first-order chi connectivity index (χ1) is 6.88. The van der Waals surface area contributed by atoms with Crippen LogP contribution in [0, 0.1) is 0 Å². The molecule has 0 saturated heterocycles. The van der Waals surface area contributed by atoms with Gasteiger partial charge in [-0.05, 0) is 26.0 Å². The van der Waals surface area contributed by atoms with Gasteiger partial charge in [0.05, 0.1) is 8.80 Å². The Balaban J connectivity index is 2.57. The summed E-state index contributed by atoms with van der Waals surface area (Å²) in [5.41, 5.74) is 0.0116. The molecule has 0 aliphatic carbocycles. The fourth-order valence-electron chi connectivity index (χ4n) is 1.30. The first-order valence-electron chi connectivity index (χ1n) is 5.61. The maximum absolute atomic E-state index is 5.87. The second-order valence-corrected chi connectivity index (χ2v) is 9.67. The van der Waals surface area contributed by atoms with Crippen LogP contribution < -0.4 is 10.4 Å². The normalized spacial score (nSPS) is 12.9. The summed E-state index contributed by atoms with van der Waals surface area (Å²) < 4.78 is 5.87. The molecule has 1 nitrogen and oxygen atoms in total. The van der Waals surface area contributed by atoms with Crippen LogP contribution in [0.25, 0.3) is 0 Å². The first-order valence-corrected chi connectivity index (χ1v) is 9.78. The van der Waals surface area contributed by atoms with Crippen molar-refractivity contribution < 1.29 is 4.43 Å². The van der Waals surface area contributed by atoms with Crippen molar-refractivity contribution in [3.63, 3.8) is 0 Å². The van der Waals surface area contributed by atoms with Crippen LogP contribution >= 0.6 is 0 Å². The van der Waals surface area contributed by atoms with Crippen LogP contribution in [0.1, 0.15) is 20.8 Å². The molecule has 15 heavy (non-hydrogen) atoms. The molecule has 0 heterocycles. The molecule has 0 radical (unpaired) electrons. The van der Waals surface area contributed by atoms with Crippen molar-refractivity contribution in [2.75, 3.05) is 0 Å². The molecule has 3 heteroatoms. The van der Waals surface area contributed by atoms with E-state index in [-0.39, 0.29) is 5.60 Å². The molecule has 0 aliphatic rings. The molecule has 1 aromatic rings. The highest BCUT2D eigenvalue weighted by Crippen LogP contribution is 2.04. The van der Waals surface area contributed by atoms with E-state index < -0.39 is 18.6 Å². The summed E-state index contributed by atoms with van der Waals surface area (Å²) in [7, 11) is -1.17. The van der Waals surface area contributed by atoms with E-state index in [0.717, 1.165) is 0 Å². The van der Waals surface area contributed by atoms with Gasteiger partial charge < -0.3 is 4.43 Å². The van der Waals surface area contributed by atoms with Crippen LogP contribution in [-0.4, -0.2) is 24.2 Å². The van der Waals surface area contributed by atoms with E-state index in [2.05, 4.69) is 58.1 Å². The molecule has 0 bridgehead atoms. The fraction of sp³-hybridized carbons (Fsp3) is 0.500. The second-order valence-electron chi connectivity index (χ2n) is 5.30. The van der Waals surface area contributed by atoms with Crippen molar-refractivity contribution in [3.8, 4) is 0 Å². The molecular weight excluding hydrogens is 216 g/mol. The van der Waals surface area contributed by atoms with Gasteiger partial charge in [0.25, 0.3) is 0 Å². The van der Waals surface area contributed by atoms with E-state index in [0.29, 0.717) is 0 Å². The number of rotatable bonds is 3. The lowest BCUT2D eigenvalue weighted by Crippen LogP contribution is -2.30. The molecule has 0 fully saturated rings. The van der Waals surface area contributed by atoms with Crippen LogP contribution in [0.15, 0.2) is 24.3 Å². The molecule has 0 atom stereocenters. The third-order valence-electron chi connectivity index (χ3n) is 2.32. The van der Waals surface area contributed by atoms with Crippen molar-refractivity contribution in [1.82, 2.24) is 0 Å². The lowest BCUT2D eigenvalue weighted by Gasteiger charge is -2.20. The molecular formula is C12H22OSi2. The van der Waals surface area contributed by atoms with Crippen LogP contribution in [0.5, 0.6) is 0 Å². The standard InChI is InChI=1S/C12H22OSi2/c1-12(2,3)13-14-10-6-8-11(9-7-10)15(4)5/h6-9,15H,14H2,1-5H3. The van der Waals surface area contributed by atoms with E-state index >= 15 is 0 Å². The van der Waals surface area contributed by atoms with Gasteiger partial charge in [-0.25, -0.2) is 0 Å².